The Morgan fingerprint density at radius 1 is 1.08 bits per heavy atom. The Labute approximate surface area is 273 Å². The molecule has 1 aliphatic heterocycles. The summed E-state index contributed by atoms with van der Waals surface area (Å²) in [5.74, 6) is -1.18. The third-order valence-electron chi connectivity index (χ3n) is 8.53. The molecule has 5 rings (SSSR count). The lowest BCUT2D eigenvalue weighted by Gasteiger charge is -2.38. The van der Waals surface area contributed by atoms with Gasteiger partial charge in [-0.2, -0.15) is 13.2 Å². The summed E-state index contributed by atoms with van der Waals surface area (Å²) in [5, 5.41) is 30.9. The second-order valence-corrected chi connectivity index (χ2v) is 13.8. The SMILES string of the molecule is COc1cc(/C=C/C(=O)O)ccc1S(=O)(=O)C1CCN(CC(O)(c2cn(Cc3ccccc3)c3cc([N+](=O)[O-])ccc23)C(F)(F)F)CC1. The lowest BCUT2D eigenvalue weighted by molar-refractivity contribution is -0.384. The number of hydrogen-bond acceptors (Lipinski definition) is 8. The second-order valence-electron chi connectivity index (χ2n) is 11.6. The largest absolute Gasteiger partial charge is 0.495 e. The Kier molecular flexibility index (Phi) is 9.67. The molecule has 254 valence electrons. The Hall–Kier alpha value is -4.73. The number of alkyl halides is 3. The summed E-state index contributed by atoms with van der Waals surface area (Å²) in [6.07, 6.45) is -1.86. The van der Waals surface area contributed by atoms with Crippen molar-refractivity contribution >= 4 is 38.5 Å². The van der Waals surface area contributed by atoms with Crippen molar-refractivity contribution in [2.75, 3.05) is 26.7 Å². The molecule has 3 aromatic carbocycles. The van der Waals surface area contributed by atoms with Crippen molar-refractivity contribution in [2.24, 2.45) is 0 Å². The number of aliphatic carboxylic acids is 1. The van der Waals surface area contributed by atoms with Crippen LogP contribution in [0.1, 0.15) is 29.5 Å². The zero-order chi connectivity index (χ0) is 34.9. The minimum Gasteiger partial charge on any atom is -0.495 e. The molecule has 1 atom stereocenters. The van der Waals surface area contributed by atoms with Crippen molar-refractivity contribution in [3.8, 4) is 5.75 Å². The van der Waals surface area contributed by atoms with E-state index >= 15 is 0 Å². The highest BCUT2D eigenvalue weighted by atomic mass is 32.2. The minimum absolute atomic E-state index is 0.00237. The van der Waals surface area contributed by atoms with E-state index in [0.29, 0.717) is 5.56 Å². The number of likely N-dealkylation sites (tertiary alicyclic amines) is 1. The molecule has 1 fully saturated rings. The number of carboxylic acids is 1. The average Bonchev–Trinajstić information content (AvgIpc) is 3.41. The normalized spacial score (nSPS) is 16.3. The van der Waals surface area contributed by atoms with Gasteiger partial charge >= 0.3 is 12.1 Å². The number of nitro benzene ring substituents is 1. The quantitative estimate of drug-likeness (QED) is 0.120. The fraction of sp³-hybridized carbons (Fsp3) is 0.303. The van der Waals surface area contributed by atoms with Gasteiger partial charge in [-0.3, -0.25) is 15.0 Å². The van der Waals surface area contributed by atoms with Crippen LogP contribution in [0.4, 0.5) is 18.9 Å². The third-order valence-corrected chi connectivity index (χ3v) is 10.8. The highest BCUT2D eigenvalue weighted by Gasteiger charge is 2.57. The molecule has 48 heavy (non-hydrogen) atoms. The van der Waals surface area contributed by atoms with Gasteiger partial charge < -0.3 is 19.5 Å². The van der Waals surface area contributed by atoms with Gasteiger partial charge in [-0.05, 0) is 61.3 Å². The van der Waals surface area contributed by atoms with E-state index in [1.54, 1.807) is 30.3 Å². The van der Waals surface area contributed by atoms with E-state index in [-0.39, 0.29) is 59.7 Å². The minimum atomic E-state index is -5.16. The average molecular weight is 688 g/mol. The van der Waals surface area contributed by atoms with Crippen molar-refractivity contribution in [3.05, 3.63) is 106 Å². The molecule has 1 aliphatic rings. The lowest BCUT2D eigenvalue weighted by atomic mass is 9.91. The van der Waals surface area contributed by atoms with Crippen LogP contribution in [0.2, 0.25) is 0 Å². The van der Waals surface area contributed by atoms with Crippen molar-refractivity contribution in [2.45, 2.75) is 41.3 Å². The third kappa shape index (κ3) is 6.93. The van der Waals surface area contributed by atoms with Crippen LogP contribution in [0.25, 0.3) is 17.0 Å². The molecule has 0 bridgehead atoms. The molecule has 4 aromatic rings. The Bertz CT molecular complexity index is 1970. The topological polar surface area (TPSA) is 152 Å². The van der Waals surface area contributed by atoms with E-state index in [9.17, 15) is 41.6 Å². The van der Waals surface area contributed by atoms with Gasteiger partial charge in [0.1, 0.15) is 10.6 Å². The number of sulfone groups is 1. The van der Waals surface area contributed by atoms with Gasteiger partial charge in [0.05, 0.1) is 22.8 Å². The smallest absolute Gasteiger partial charge is 0.422 e. The monoisotopic (exact) mass is 687 g/mol. The summed E-state index contributed by atoms with van der Waals surface area (Å²) in [4.78, 5) is 23.0. The number of hydrogen-bond donors (Lipinski definition) is 2. The Morgan fingerprint density at radius 2 is 1.77 bits per heavy atom. The number of aliphatic hydroxyl groups is 1. The van der Waals surface area contributed by atoms with Gasteiger partial charge in [0.2, 0.25) is 5.60 Å². The fourth-order valence-electron chi connectivity index (χ4n) is 6.03. The molecule has 1 aromatic heterocycles. The Morgan fingerprint density at radius 3 is 2.38 bits per heavy atom. The van der Waals surface area contributed by atoms with E-state index in [0.717, 1.165) is 17.7 Å². The first-order chi connectivity index (χ1) is 22.6. The summed E-state index contributed by atoms with van der Waals surface area (Å²) in [6.45, 7) is -0.940. The molecule has 11 nitrogen and oxygen atoms in total. The van der Waals surface area contributed by atoms with Crippen molar-refractivity contribution < 1.29 is 46.3 Å². The van der Waals surface area contributed by atoms with E-state index < -0.39 is 49.9 Å². The number of benzene rings is 3. The van der Waals surface area contributed by atoms with Crippen LogP contribution in [-0.4, -0.2) is 77.2 Å². The van der Waals surface area contributed by atoms with Gasteiger partial charge in [-0.15, -0.1) is 0 Å². The van der Waals surface area contributed by atoms with Gasteiger partial charge in [-0.25, -0.2) is 13.2 Å². The van der Waals surface area contributed by atoms with Crippen molar-refractivity contribution in [3.63, 3.8) is 0 Å². The number of carboxylic acid groups (broad SMARTS) is 1. The van der Waals surface area contributed by atoms with Gasteiger partial charge in [0.15, 0.2) is 9.84 Å². The maximum Gasteiger partial charge on any atom is 0.422 e. The highest BCUT2D eigenvalue weighted by Crippen LogP contribution is 2.44. The first-order valence-corrected chi connectivity index (χ1v) is 16.3. The van der Waals surface area contributed by atoms with Crippen LogP contribution in [0.5, 0.6) is 5.75 Å². The van der Waals surface area contributed by atoms with E-state index in [2.05, 4.69) is 0 Å². The van der Waals surface area contributed by atoms with E-state index in [1.807, 2.05) is 0 Å². The molecule has 0 amide bonds. The Balaban J connectivity index is 1.42. The predicted octanol–water partition coefficient (Wildman–Crippen LogP) is 5.39. The van der Waals surface area contributed by atoms with Crippen LogP contribution >= 0.6 is 0 Å². The number of halogens is 3. The standard InChI is InChI=1S/C33H32F3N3O8S/c1-47-29-17-22(8-12-31(40)41)7-11-30(29)48(45,46)25-13-15-37(16-14-25)21-32(42,33(34,35)36)27-20-38(19-23-5-3-2-4-6-23)28-18-24(39(43)44)9-10-26(27)28/h2-12,17-18,20,25,42H,13-16,19,21H2,1H3,(H,40,41)/b12-8+. The molecule has 0 spiro atoms. The van der Waals surface area contributed by atoms with E-state index in [1.165, 1.54) is 59.2 Å². The number of ether oxygens (including phenoxy) is 1. The summed E-state index contributed by atoms with van der Waals surface area (Å²) < 4.78 is 78.5. The summed E-state index contributed by atoms with van der Waals surface area (Å²) in [6, 6.07) is 16.4. The van der Waals surface area contributed by atoms with Crippen molar-refractivity contribution in [1.29, 1.82) is 0 Å². The summed E-state index contributed by atoms with van der Waals surface area (Å²) >= 11 is 0. The summed E-state index contributed by atoms with van der Waals surface area (Å²) in [7, 11) is -2.73. The number of fused-ring (bicyclic) bond motifs is 1. The van der Waals surface area contributed by atoms with Gasteiger partial charge in [0, 0.05) is 48.4 Å². The fourth-order valence-corrected chi connectivity index (χ4v) is 7.90. The molecule has 0 saturated carbocycles. The van der Waals surface area contributed by atoms with E-state index in [4.69, 9.17) is 9.84 Å². The first-order valence-electron chi connectivity index (χ1n) is 14.8. The number of β-amino-alcohol motifs (C(OH)–C–C–N with tert-alkyl or cyclic N) is 1. The first kappa shape index (κ1) is 34.6. The molecule has 1 saturated heterocycles. The van der Waals surface area contributed by atoms with Crippen molar-refractivity contribution in [1.82, 2.24) is 9.47 Å². The predicted molar refractivity (Wildman–Crippen MR) is 170 cm³/mol. The lowest BCUT2D eigenvalue weighted by Crippen LogP contribution is -2.53. The van der Waals surface area contributed by atoms with Crippen LogP contribution in [-0.2, 0) is 26.8 Å². The number of non-ortho nitro benzene ring substituents is 1. The summed E-state index contributed by atoms with van der Waals surface area (Å²) in [5.41, 5.74) is -2.90. The zero-order valence-electron chi connectivity index (χ0n) is 25.6. The number of carbonyl (C=O) groups is 1. The van der Waals surface area contributed by atoms with Crippen LogP contribution < -0.4 is 4.74 Å². The maximum atomic E-state index is 14.9. The maximum absolute atomic E-state index is 14.9. The number of methoxy groups -OCH3 is 1. The molecule has 15 heteroatoms. The zero-order valence-corrected chi connectivity index (χ0v) is 26.4. The number of nitrogens with zero attached hydrogens (tertiary/aromatic N) is 3. The molecule has 1 unspecified atom stereocenters. The van der Waals surface area contributed by atoms with Crippen LogP contribution in [0, 0.1) is 10.1 Å². The number of piperidine rings is 1. The molecule has 2 N–H and O–H groups in total. The number of rotatable bonds is 11. The molecule has 0 aliphatic carbocycles. The van der Waals surface area contributed by atoms with Crippen LogP contribution in [0.15, 0.2) is 83.9 Å². The van der Waals surface area contributed by atoms with Gasteiger partial charge in [0.25, 0.3) is 5.69 Å². The molecular weight excluding hydrogens is 655 g/mol. The van der Waals surface area contributed by atoms with Gasteiger partial charge in [-0.1, -0.05) is 36.4 Å². The molecule has 0 radical (unpaired) electrons. The molecular formula is C33H32F3N3O8S. The van der Waals surface area contributed by atoms with Crippen LogP contribution in [0.3, 0.4) is 0 Å². The second kappa shape index (κ2) is 13.4. The molecule has 2 heterocycles. The number of nitro groups is 1. The number of aromatic nitrogens is 1. The highest BCUT2D eigenvalue weighted by molar-refractivity contribution is 7.92.